The molecule has 0 aliphatic heterocycles. The van der Waals surface area contributed by atoms with Gasteiger partial charge in [0.05, 0.1) is 5.56 Å². The SMILES string of the molecule is CC(C)(C)c1cc(Br)ccc1OCC(=O)Oc1cccc(C(=O)O)c1. The number of benzene rings is 2. The minimum atomic E-state index is -1.08. The second kappa shape index (κ2) is 7.70. The zero-order chi connectivity index (χ0) is 18.6. The summed E-state index contributed by atoms with van der Waals surface area (Å²) in [5, 5.41) is 8.96. The van der Waals surface area contributed by atoms with Gasteiger partial charge in [-0.3, -0.25) is 0 Å². The van der Waals surface area contributed by atoms with Crippen LogP contribution in [0.25, 0.3) is 0 Å². The zero-order valence-corrected chi connectivity index (χ0v) is 15.8. The molecule has 0 amide bonds. The smallest absolute Gasteiger partial charge is 0.349 e. The first kappa shape index (κ1) is 19.0. The van der Waals surface area contributed by atoms with Crippen LogP contribution in [-0.2, 0) is 10.2 Å². The zero-order valence-electron chi connectivity index (χ0n) is 14.2. The molecule has 0 aliphatic rings. The lowest BCUT2D eigenvalue weighted by atomic mass is 9.86. The lowest BCUT2D eigenvalue weighted by Gasteiger charge is -2.23. The van der Waals surface area contributed by atoms with Crippen molar-refractivity contribution in [1.82, 2.24) is 0 Å². The van der Waals surface area contributed by atoms with E-state index in [9.17, 15) is 9.59 Å². The van der Waals surface area contributed by atoms with Crippen LogP contribution in [0.3, 0.4) is 0 Å². The van der Waals surface area contributed by atoms with E-state index in [4.69, 9.17) is 14.6 Å². The second-order valence-electron chi connectivity index (χ2n) is 6.49. The second-order valence-corrected chi connectivity index (χ2v) is 7.40. The highest BCUT2D eigenvalue weighted by molar-refractivity contribution is 9.10. The number of carbonyl (C=O) groups is 2. The maximum absolute atomic E-state index is 12.0. The topological polar surface area (TPSA) is 72.8 Å². The van der Waals surface area contributed by atoms with Gasteiger partial charge in [0.1, 0.15) is 11.5 Å². The summed E-state index contributed by atoms with van der Waals surface area (Å²) in [5.74, 6) is -0.920. The molecule has 2 rings (SSSR count). The number of esters is 1. The fourth-order valence-corrected chi connectivity index (χ4v) is 2.57. The van der Waals surface area contributed by atoms with Crippen molar-refractivity contribution < 1.29 is 24.2 Å². The van der Waals surface area contributed by atoms with Crippen LogP contribution >= 0.6 is 15.9 Å². The summed E-state index contributed by atoms with van der Waals surface area (Å²) in [6, 6.07) is 11.3. The number of ether oxygens (including phenoxy) is 2. The van der Waals surface area contributed by atoms with Gasteiger partial charge in [-0.15, -0.1) is 0 Å². The number of hydrogen-bond acceptors (Lipinski definition) is 4. The molecule has 0 unspecified atom stereocenters. The molecule has 0 aliphatic carbocycles. The van der Waals surface area contributed by atoms with Gasteiger partial charge in [-0.2, -0.15) is 0 Å². The summed E-state index contributed by atoms with van der Waals surface area (Å²) in [7, 11) is 0. The van der Waals surface area contributed by atoms with Crippen LogP contribution in [0.1, 0.15) is 36.7 Å². The van der Waals surface area contributed by atoms with E-state index >= 15 is 0 Å². The van der Waals surface area contributed by atoms with E-state index in [0.29, 0.717) is 5.75 Å². The molecule has 0 heterocycles. The van der Waals surface area contributed by atoms with E-state index in [-0.39, 0.29) is 23.3 Å². The summed E-state index contributed by atoms with van der Waals surface area (Å²) < 4.78 is 11.7. The molecule has 1 N–H and O–H groups in total. The quantitative estimate of drug-likeness (QED) is 0.587. The van der Waals surface area contributed by atoms with Crippen molar-refractivity contribution in [2.24, 2.45) is 0 Å². The van der Waals surface area contributed by atoms with Gasteiger partial charge in [-0.25, -0.2) is 9.59 Å². The molecule has 0 saturated heterocycles. The van der Waals surface area contributed by atoms with Crippen LogP contribution in [0.5, 0.6) is 11.5 Å². The first-order valence-corrected chi connectivity index (χ1v) is 8.43. The van der Waals surface area contributed by atoms with Crippen molar-refractivity contribution in [3.05, 3.63) is 58.1 Å². The van der Waals surface area contributed by atoms with Gasteiger partial charge in [0.15, 0.2) is 6.61 Å². The first-order valence-electron chi connectivity index (χ1n) is 7.63. The van der Waals surface area contributed by atoms with Crippen LogP contribution < -0.4 is 9.47 Å². The van der Waals surface area contributed by atoms with Crippen molar-refractivity contribution in [1.29, 1.82) is 0 Å². The van der Waals surface area contributed by atoms with E-state index in [2.05, 4.69) is 36.7 Å². The molecule has 0 aromatic heterocycles. The van der Waals surface area contributed by atoms with Crippen LogP contribution in [0.15, 0.2) is 46.9 Å². The summed E-state index contributed by atoms with van der Waals surface area (Å²) in [6.45, 7) is 5.88. The molecule has 2 aromatic rings. The summed E-state index contributed by atoms with van der Waals surface area (Å²) in [6.07, 6.45) is 0. The molecular formula is C19H19BrO5. The Morgan fingerprint density at radius 2 is 1.84 bits per heavy atom. The Kier molecular flexibility index (Phi) is 5.85. The number of aromatic carboxylic acids is 1. The standard InChI is InChI=1S/C19H19BrO5/c1-19(2,3)15-10-13(20)7-8-16(15)24-11-17(21)25-14-6-4-5-12(9-14)18(22)23/h4-10H,11H2,1-3H3,(H,22,23). The molecule has 6 heteroatoms. The molecule has 0 atom stereocenters. The third kappa shape index (κ3) is 5.32. The van der Waals surface area contributed by atoms with Crippen molar-refractivity contribution in [2.75, 3.05) is 6.61 Å². The van der Waals surface area contributed by atoms with E-state index in [1.165, 1.54) is 24.3 Å². The molecule has 25 heavy (non-hydrogen) atoms. The van der Waals surface area contributed by atoms with E-state index < -0.39 is 11.9 Å². The first-order chi connectivity index (χ1) is 11.7. The van der Waals surface area contributed by atoms with Crippen LogP contribution in [0, 0.1) is 0 Å². The maximum Gasteiger partial charge on any atom is 0.349 e. The van der Waals surface area contributed by atoms with E-state index in [0.717, 1.165) is 10.0 Å². The Bertz CT molecular complexity index is 793. The van der Waals surface area contributed by atoms with Gasteiger partial charge in [-0.1, -0.05) is 42.8 Å². The van der Waals surface area contributed by atoms with Crippen LogP contribution in [0.2, 0.25) is 0 Å². The van der Waals surface area contributed by atoms with E-state index in [1.54, 1.807) is 6.07 Å². The predicted molar refractivity (Wildman–Crippen MR) is 97.4 cm³/mol. The Labute approximate surface area is 154 Å². The Morgan fingerprint density at radius 3 is 2.48 bits per heavy atom. The highest BCUT2D eigenvalue weighted by atomic mass is 79.9. The number of carboxylic acid groups (broad SMARTS) is 1. The van der Waals surface area contributed by atoms with Crippen molar-refractivity contribution >= 4 is 27.9 Å². The van der Waals surface area contributed by atoms with E-state index in [1.807, 2.05) is 12.1 Å². The fraction of sp³-hybridized carbons (Fsp3) is 0.263. The maximum atomic E-state index is 12.0. The van der Waals surface area contributed by atoms with Gasteiger partial charge in [0, 0.05) is 10.0 Å². The average Bonchev–Trinajstić information content (AvgIpc) is 2.53. The third-order valence-electron chi connectivity index (χ3n) is 3.41. The lowest BCUT2D eigenvalue weighted by Crippen LogP contribution is -2.20. The number of carboxylic acids is 1. The van der Waals surface area contributed by atoms with Crippen LogP contribution in [-0.4, -0.2) is 23.7 Å². The molecule has 0 fully saturated rings. The molecular weight excluding hydrogens is 388 g/mol. The largest absolute Gasteiger partial charge is 0.482 e. The lowest BCUT2D eigenvalue weighted by molar-refractivity contribution is -0.136. The highest BCUT2D eigenvalue weighted by Crippen LogP contribution is 2.33. The average molecular weight is 407 g/mol. The molecule has 0 saturated carbocycles. The summed E-state index contributed by atoms with van der Waals surface area (Å²) in [4.78, 5) is 22.9. The van der Waals surface area contributed by atoms with Crippen molar-refractivity contribution in [2.45, 2.75) is 26.2 Å². The Hall–Kier alpha value is -2.34. The molecule has 132 valence electrons. The monoisotopic (exact) mass is 406 g/mol. The Morgan fingerprint density at radius 1 is 1.12 bits per heavy atom. The molecule has 0 spiro atoms. The van der Waals surface area contributed by atoms with Crippen LogP contribution in [0.4, 0.5) is 0 Å². The van der Waals surface area contributed by atoms with Crippen molar-refractivity contribution in [3.8, 4) is 11.5 Å². The molecule has 0 radical (unpaired) electrons. The van der Waals surface area contributed by atoms with Gasteiger partial charge in [-0.05, 0) is 41.8 Å². The molecule has 2 aromatic carbocycles. The molecule has 5 nitrogen and oxygen atoms in total. The number of halogens is 1. The third-order valence-corrected chi connectivity index (χ3v) is 3.90. The fourth-order valence-electron chi connectivity index (χ4n) is 2.20. The minimum absolute atomic E-state index is 0.0501. The van der Waals surface area contributed by atoms with Gasteiger partial charge >= 0.3 is 11.9 Å². The number of carbonyl (C=O) groups excluding carboxylic acids is 1. The number of rotatable bonds is 5. The molecule has 0 bridgehead atoms. The normalized spacial score (nSPS) is 11.0. The number of hydrogen-bond donors (Lipinski definition) is 1. The predicted octanol–water partition coefficient (Wildman–Crippen LogP) is 4.43. The van der Waals surface area contributed by atoms with Gasteiger partial charge in [0.25, 0.3) is 0 Å². The Balaban J connectivity index is 2.06. The summed E-state index contributed by atoms with van der Waals surface area (Å²) in [5.41, 5.74) is 0.857. The minimum Gasteiger partial charge on any atom is -0.482 e. The summed E-state index contributed by atoms with van der Waals surface area (Å²) >= 11 is 3.44. The highest BCUT2D eigenvalue weighted by Gasteiger charge is 2.20. The van der Waals surface area contributed by atoms with Gasteiger partial charge in [0.2, 0.25) is 0 Å². The van der Waals surface area contributed by atoms with Crippen molar-refractivity contribution in [3.63, 3.8) is 0 Å². The van der Waals surface area contributed by atoms with Gasteiger partial charge < -0.3 is 14.6 Å².